The molecule has 1 saturated heterocycles. The molecule has 0 saturated carbocycles. The molecule has 10 heteroatoms. The molecule has 0 atom stereocenters. The Balaban J connectivity index is 1.53. The van der Waals surface area contributed by atoms with Crippen LogP contribution in [0, 0.1) is 0 Å². The second-order valence-electron chi connectivity index (χ2n) is 6.23. The minimum absolute atomic E-state index is 0.102. The number of nitrogens with two attached hydrogens (primary N) is 1. The van der Waals surface area contributed by atoms with Crippen LogP contribution >= 0.6 is 0 Å². The SMILES string of the molecule is NS(=O)(=O)c1ccc(CCNc2nccc(N3CCN(C=O)CC3)n2)cc1. The highest BCUT2D eigenvalue weighted by Crippen LogP contribution is 2.14. The molecule has 0 spiro atoms. The molecule has 1 aromatic heterocycles. The van der Waals surface area contributed by atoms with Gasteiger partial charge in [-0.1, -0.05) is 12.1 Å². The summed E-state index contributed by atoms with van der Waals surface area (Å²) in [5, 5.41) is 8.27. The molecule has 27 heavy (non-hydrogen) atoms. The maximum atomic E-state index is 11.3. The van der Waals surface area contributed by atoms with Crippen molar-refractivity contribution in [2.24, 2.45) is 5.14 Å². The van der Waals surface area contributed by atoms with E-state index in [4.69, 9.17) is 5.14 Å². The largest absolute Gasteiger partial charge is 0.354 e. The molecule has 1 fully saturated rings. The van der Waals surface area contributed by atoms with E-state index < -0.39 is 10.0 Å². The Bertz CT molecular complexity index is 880. The fraction of sp³-hybridized carbons (Fsp3) is 0.353. The van der Waals surface area contributed by atoms with E-state index in [1.807, 2.05) is 6.07 Å². The van der Waals surface area contributed by atoms with Crippen molar-refractivity contribution in [1.29, 1.82) is 0 Å². The molecule has 2 aromatic rings. The number of piperazine rings is 1. The lowest BCUT2D eigenvalue weighted by molar-refractivity contribution is -0.118. The molecule has 0 unspecified atom stereocenters. The van der Waals surface area contributed by atoms with Crippen LogP contribution in [-0.2, 0) is 21.2 Å². The van der Waals surface area contributed by atoms with Gasteiger partial charge in [0.15, 0.2) is 0 Å². The standard InChI is InChI=1S/C17H22N6O3S/c18-27(25,26)15-3-1-14(2-4-15)5-7-19-17-20-8-6-16(21-17)23-11-9-22(13-24)10-12-23/h1-4,6,8,13H,5,7,9-12H2,(H2,18,25,26)(H,19,20,21). The molecule has 1 aromatic carbocycles. The lowest BCUT2D eigenvalue weighted by Crippen LogP contribution is -2.46. The predicted molar refractivity (Wildman–Crippen MR) is 102 cm³/mol. The maximum absolute atomic E-state index is 11.3. The van der Waals surface area contributed by atoms with Crippen molar-refractivity contribution in [2.75, 3.05) is 42.9 Å². The third-order valence-electron chi connectivity index (χ3n) is 4.38. The number of primary sulfonamides is 1. The molecule has 9 nitrogen and oxygen atoms in total. The van der Waals surface area contributed by atoms with Crippen LogP contribution in [0.5, 0.6) is 0 Å². The minimum Gasteiger partial charge on any atom is -0.354 e. The molecule has 144 valence electrons. The molecule has 3 N–H and O–H groups in total. The molecular formula is C17H22N6O3S. The van der Waals surface area contributed by atoms with Gasteiger partial charge in [-0.2, -0.15) is 4.98 Å². The number of carbonyl (C=O) groups is 1. The summed E-state index contributed by atoms with van der Waals surface area (Å²) in [5.74, 6) is 1.36. The quantitative estimate of drug-likeness (QED) is 0.641. The van der Waals surface area contributed by atoms with Gasteiger partial charge in [-0.3, -0.25) is 4.79 Å². The first-order valence-electron chi connectivity index (χ1n) is 8.59. The van der Waals surface area contributed by atoms with Crippen LogP contribution in [0.15, 0.2) is 41.4 Å². The van der Waals surface area contributed by atoms with Crippen LogP contribution in [0.3, 0.4) is 0 Å². The van der Waals surface area contributed by atoms with Crippen molar-refractivity contribution in [3.8, 4) is 0 Å². The number of carbonyl (C=O) groups excluding carboxylic acids is 1. The number of nitrogens with one attached hydrogen (secondary N) is 1. The van der Waals surface area contributed by atoms with E-state index in [0.717, 1.165) is 30.9 Å². The van der Waals surface area contributed by atoms with E-state index in [2.05, 4.69) is 20.2 Å². The number of rotatable bonds is 7. The van der Waals surface area contributed by atoms with Gasteiger partial charge in [0.1, 0.15) is 5.82 Å². The van der Waals surface area contributed by atoms with Gasteiger partial charge in [0.25, 0.3) is 0 Å². The number of nitrogens with zero attached hydrogens (tertiary/aromatic N) is 4. The van der Waals surface area contributed by atoms with Crippen molar-refractivity contribution in [1.82, 2.24) is 14.9 Å². The van der Waals surface area contributed by atoms with Gasteiger partial charge in [0, 0.05) is 38.9 Å². The van der Waals surface area contributed by atoms with Gasteiger partial charge in [0.05, 0.1) is 4.90 Å². The molecule has 1 aliphatic rings. The maximum Gasteiger partial charge on any atom is 0.238 e. The van der Waals surface area contributed by atoms with E-state index in [9.17, 15) is 13.2 Å². The number of aromatic nitrogens is 2. The summed E-state index contributed by atoms with van der Waals surface area (Å²) in [6.45, 7) is 3.46. The normalized spacial score (nSPS) is 14.9. The first-order valence-corrected chi connectivity index (χ1v) is 10.1. The fourth-order valence-electron chi connectivity index (χ4n) is 2.83. The summed E-state index contributed by atoms with van der Waals surface area (Å²) in [4.78, 5) is 23.5. The summed E-state index contributed by atoms with van der Waals surface area (Å²) in [6, 6.07) is 8.34. The zero-order valence-corrected chi connectivity index (χ0v) is 15.6. The molecule has 1 aliphatic heterocycles. The summed E-state index contributed by atoms with van der Waals surface area (Å²) in [7, 11) is -3.67. The van der Waals surface area contributed by atoms with Gasteiger partial charge in [0.2, 0.25) is 22.4 Å². The lowest BCUT2D eigenvalue weighted by atomic mass is 10.1. The van der Waals surface area contributed by atoms with E-state index in [1.54, 1.807) is 23.2 Å². The van der Waals surface area contributed by atoms with E-state index in [1.165, 1.54) is 12.1 Å². The average molecular weight is 390 g/mol. The van der Waals surface area contributed by atoms with Crippen molar-refractivity contribution >= 4 is 28.2 Å². The van der Waals surface area contributed by atoms with Gasteiger partial charge in [-0.05, 0) is 30.2 Å². The van der Waals surface area contributed by atoms with Crippen LogP contribution in [0.2, 0.25) is 0 Å². The minimum atomic E-state index is -3.67. The number of benzene rings is 1. The van der Waals surface area contributed by atoms with Crippen LogP contribution in [0.4, 0.5) is 11.8 Å². The Kier molecular flexibility index (Phi) is 5.87. The van der Waals surface area contributed by atoms with Crippen LogP contribution < -0.4 is 15.4 Å². The Morgan fingerprint density at radius 1 is 1.11 bits per heavy atom. The topological polar surface area (TPSA) is 122 Å². The Labute approximate surface area is 158 Å². The zero-order chi connectivity index (χ0) is 19.3. The molecule has 0 radical (unpaired) electrons. The summed E-state index contributed by atoms with van der Waals surface area (Å²) in [6.07, 6.45) is 3.27. The highest BCUT2D eigenvalue weighted by Gasteiger charge is 2.17. The van der Waals surface area contributed by atoms with Gasteiger partial charge in [-0.25, -0.2) is 18.5 Å². The third-order valence-corrected chi connectivity index (χ3v) is 5.31. The highest BCUT2D eigenvalue weighted by atomic mass is 32.2. The second kappa shape index (κ2) is 8.31. The fourth-order valence-corrected chi connectivity index (χ4v) is 3.35. The van der Waals surface area contributed by atoms with E-state index in [0.29, 0.717) is 32.0 Å². The third kappa shape index (κ3) is 5.14. The van der Waals surface area contributed by atoms with Crippen molar-refractivity contribution in [3.05, 3.63) is 42.1 Å². The zero-order valence-electron chi connectivity index (χ0n) is 14.8. The molecule has 0 bridgehead atoms. The first-order chi connectivity index (χ1) is 13.0. The van der Waals surface area contributed by atoms with Gasteiger partial charge < -0.3 is 15.1 Å². The van der Waals surface area contributed by atoms with Gasteiger partial charge in [-0.15, -0.1) is 0 Å². The molecule has 1 amide bonds. The molecule has 3 rings (SSSR count). The summed E-state index contributed by atoms with van der Waals surface area (Å²) < 4.78 is 22.5. The predicted octanol–water partition coefficient (Wildman–Crippen LogP) is 0.0570. The average Bonchev–Trinajstić information content (AvgIpc) is 2.68. The smallest absolute Gasteiger partial charge is 0.238 e. The van der Waals surface area contributed by atoms with Crippen LogP contribution in [-0.4, -0.2) is 62.4 Å². The van der Waals surface area contributed by atoms with Gasteiger partial charge >= 0.3 is 0 Å². The van der Waals surface area contributed by atoms with Crippen molar-refractivity contribution in [2.45, 2.75) is 11.3 Å². The first kappa shape index (κ1) is 19.1. The molecule has 0 aliphatic carbocycles. The van der Waals surface area contributed by atoms with Crippen LogP contribution in [0.1, 0.15) is 5.56 Å². The molecule has 2 heterocycles. The lowest BCUT2D eigenvalue weighted by Gasteiger charge is -2.33. The number of hydrogen-bond acceptors (Lipinski definition) is 7. The Morgan fingerprint density at radius 3 is 2.44 bits per heavy atom. The van der Waals surface area contributed by atoms with Crippen molar-refractivity contribution < 1.29 is 13.2 Å². The van der Waals surface area contributed by atoms with E-state index in [-0.39, 0.29) is 4.90 Å². The van der Waals surface area contributed by atoms with Crippen molar-refractivity contribution in [3.63, 3.8) is 0 Å². The summed E-state index contributed by atoms with van der Waals surface area (Å²) in [5.41, 5.74) is 0.982. The summed E-state index contributed by atoms with van der Waals surface area (Å²) >= 11 is 0. The number of anilines is 2. The number of amides is 1. The second-order valence-corrected chi connectivity index (χ2v) is 7.79. The van der Waals surface area contributed by atoms with E-state index >= 15 is 0 Å². The Hall–Kier alpha value is -2.72. The van der Waals surface area contributed by atoms with Crippen LogP contribution in [0.25, 0.3) is 0 Å². The Morgan fingerprint density at radius 2 is 1.81 bits per heavy atom. The number of hydrogen-bond donors (Lipinski definition) is 2. The number of sulfonamides is 1. The monoisotopic (exact) mass is 390 g/mol. The highest BCUT2D eigenvalue weighted by molar-refractivity contribution is 7.89. The molecular weight excluding hydrogens is 368 g/mol.